The van der Waals surface area contributed by atoms with Crippen LogP contribution in [0.4, 0.5) is 0 Å². The van der Waals surface area contributed by atoms with Crippen LogP contribution in [0, 0.1) is 31.6 Å². The van der Waals surface area contributed by atoms with Gasteiger partial charge in [0.25, 0.3) is 0 Å². The van der Waals surface area contributed by atoms with Crippen LogP contribution in [-0.2, 0) is 6.54 Å². The molecular weight excluding hydrogens is 713 g/mol. The lowest BCUT2D eigenvalue weighted by Gasteiger charge is -2.19. The van der Waals surface area contributed by atoms with Gasteiger partial charge in [-0.05, 0) is 86.9 Å². The molecule has 2 heterocycles. The average Bonchev–Trinajstić information content (AvgIpc) is 3.59. The minimum atomic E-state index is 0.0488. The summed E-state index contributed by atoms with van der Waals surface area (Å²) in [5.41, 5.74) is 4.01. The lowest BCUT2D eigenvalue weighted by molar-refractivity contribution is 0.231. The summed E-state index contributed by atoms with van der Waals surface area (Å²) in [7, 11) is 1.67. The van der Waals surface area contributed by atoms with Crippen LogP contribution >= 0.6 is 0 Å². The molecule has 2 atom stereocenters. The summed E-state index contributed by atoms with van der Waals surface area (Å²) in [6.07, 6.45) is 13.2. The van der Waals surface area contributed by atoms with E-state index in [-0.39, 0.29) is 11.5 Å². The highest BCUT2D eigenvalue weighted by Crippen LogP contribution is 2.41. The highest BCUT2D eigenvalue weighted by molar-refractivity contribution is 5.96. The van der Waals surface area contributed by atoms with Gasteiger partial charge in [-0.1, -0.05) is 92.9 Å². The van der Waals surface area contributed by atoms with Crippen molar-refractivity contribution in [2.75, 3.05) is 20.3 Å². The van der Waals surface area contributed by atoms with Gasteiger partial charge in [0, 0.05) is 40.3 Å². The molecule has 9 nitrogen and oxygen atoms in total. The van der Waals surface area contributed by atoms with E-state index in [0.717, 1.165) is 80.1 Å². The van der Waals surface area contributed by atoms with Crippen LogP contribution in [0.2, 0.25) is 0 Å². The minimum Gasteiger partial charge on any atom is -0.507 e. The average molecular weight is 779 g/mol. The molecule has 9 heteroatoms. The van der Waals surface area contributed by atoms with Crippen molar-refractivity contribution in [1.82, 2.24) is 19.5 Å². The Balaban J connectivity index is 1.64. The molecule has 0 saturated heterocycles. The first-order valence-corrected chi connectivity index (χ1v) is 21.4. The van der Waals surface area contributed by atoms with Gasteiger partial charge in [0.2, 0.25) is 0 Å². The topological polar surface area (TPSA) is 112 Å². The monoisotopic (exact) mass is 779 g/mol. The second-order valence-electron chi connectivity index (χ2n) is 15.7. The molecule has 0 radical (unpaired) electrons. The molecule has 0 amide bonds. The number of hydrogen-bond acceptors (Lipinski definition) is 8. The van der Waals surface area contributed by atoms with Crippen LogP contribution in [0.25, 0.3) is 45.1 Å². The number of phenols is 2. The van der Waals surface area contributed by atoms with Crippen molar-refractivity contribution in [3.8, 4) is 62.9 Å². The third-order valence-corrected chi connectivity index (χ3v) is 11.9. The molecule has 0 fully saturated rings. The highest BCUT2D eigenvalue weighted by Gasteiger charge is 2.23. The molecule has 3 aromatic carbocycles. The van der Waals surface area contributed by atoms with Crippen LogP contribution in [0.15, 0.2) is 48.7 Å². The molecule has 5 aromatic rings. The number of rotatable bonds is 22. The first-order valence-electron chi connectivity index (χ1n) is 21.4. The zero-order valence-electron chi connectivity index (χ0n) is 36.0. The molecule has 0 aliphatic heterocycles. The van der Waals surface area contributed by atoms with Crippen molar-refractivity contribution in [3.05, 3.63) is 59.8 Å². The van der Waals surface area contributed by atoms with E-state index in [1.165, 1.54) is 12.8 Å². The Morgan fingerprint density at radius 1 is 0.614 bits per heavy atom. The van der Waals surface area contributed by atoms with Crippen molar-refractivity contribution in [1.29, 1.82) is 0 Å². The summed E-state index contributed by atoms with van der Waals surface area (Å²) in [5.74, 6) is 4.52. The Labute approximate surface area is 340 Å². The van der Waals surface area contributed by atoms with Crippen molar-refractivity contribution < 1.29 is 24.4 Å². The Kier molecular flexibility index (Phi) is 15.6. The summed E-state index contributed by atoms with van der Waals surface area (Å²) in [5, 5.41) is 24.5. The Hall–Kier alpha value is -4.79. The second kappa shape index (κ2) is 20.6. The van der Waals surface area contributed by atoms with E-state index in [1.807, 2.05) is 50.2 Å². The summed E-state index contributed by atoms with van der Waals surface area (Å²) >= 11 is 0. The third kappa shape index (κ3) is 10.2. The minimum absolute atomic E-state index is 0.0488. The standard InChI is InChI=1S/C48H66N4O5/c1-10-16-18-34(14-5)29-56-42-24-21-37(44(53)31(42)7)46-49-47(38-22-25-43(32(8)45(38)54)57-30-35(15-6)19-17-11-2)51-48(50-46)40-28-52(27-33(12-3)13-4)41-23-20-36(55-9)26-39(40)41/h20-26,28,33-35,53-54H,10-19,27,29-30H2,1-9H3. The van der Waals surface area contributed by atoms with E-state index in [2.05, 4.69) is 58.4 Å². The number of aromatic hydroxyl groups is 2. The maximum absolute atomic E-state index is 11.8. The Morgan fingerprint density at radius 2 is 1.09 bits per heavy atom. The van der Waals surface area contributed by atoms with Gasteiger partial charge in [0.05, 0.1) is 31.5 Å². The molecule has 0 bridgehead atoms. The van der Waals surface area contributed by atoms with E-state index >= 15 is 0 Å². The van der Waals surface area contributed by atoms with Gasteiger partial charge < -0.3 is 29.0 Å². The number of phenolic OH excluding ortho intramolecular Hbond substituents is 2. The van der Waals surface area contributed by atoms with E-state index in [1.54, 1.807) is 7.11 Å². The maximum atomic E-state index is 11.8. The normalized spacial score (nSPS) is 12.7. The molecule has 0 saturated carbocycles. The van der Waals surface area contributed by atoms with Crippen LogP contribution < -0.4 is 14.2 Å². The first kappa shape index (κ1) is 43.3. The fourth-order valence-electron chi connectivity index (χ4n) is 7.54. The molecule has 5 rings (SSSR count). The summed E-state index contributed by atoms with van der Waals surface area (Å²) in [6, 6.07) is 13.5. The molecule has 2 aromatic heterocycles. The van der Waals surface area contributed by atoms with Crippen molar-refractivity contribution in [2.24, 2.45) is 17.8 Å². The zero-order valence-corrected chi connectivity index (χ0v) is 36.0. The zero-order chi connectivity index (χ0) is 41.1. The molecule has 0 aliphatic rings. The molecule has 2 unspecified atom stereocenters. The first-order chi connectivity index (χ1) is 27.6. The van der Waals surface area contributed by atoms with Gasteiger partial charge in [-0.15, -0.1) is 0 Å². The molecule has 308 valence electrons. The number of fused-ring (bicyclic) bond motifs is 1. The molecule has 57 heavy (non-hydrogen) atoms. The molecule has 0 spiro atoms. The van der Waals surface area contributed by atoms with Gasteiger partial charge >= 0.3 is 0 Å². The van der Waals surface area contributed by atoms with Crippen LogP contribution in [0.5, 0.6) is 28.7 Å². The van der Waals surface area contributed by atoms with Gasteiger partial charge in [0.15, 0.2) is 17.5 Å². The molecule has 0 aliphatic carbocycles. The van der Waals surface area contributed by atoms with Crippen molar-refractivity contribution >= 4 is 10.9 Å². The second-order valence-corrected chi connectivity index (χ2v) is 15.7. The summed E-state index contributed by atoms with van der Waals surface area (Å²) in [4.78, 5) is 15.1. The number of nitrogens with zero attached hydrogens (tertiary/aromatic N) is 4. The van der Waals surface area contributed by atoms with Crippen LogP contribution in [0.1, 0.15) is 117 Å². The number of benzene rings is 3. The van der Waals surface area contributed by atoms with E-state index in [4.69, 9.17) is 29.2 Å². The number of aromatic nitrogens is 4. The fraction of sp³-hybridized carbons (Fsp3) is 0.521. The predicted octanol–water partition coefficient (Wildman–Crippen LogP) is 12.5. The third-order valence-electron chi connectivity index (χ3n) is 11.9. The SMILES string of the molecule is CCCCC(CC)COc1ccc(-c2nc(-c3ccc(OCC(CC)CCCC)c(C)c3O)nc(-c3cn(CC(CC)CC)c4ccc(OC)cc34)n2)c(O)c1C. The number of methoxy groups -OCH3 is 1. The summed E-state index contributed by atoms with van der Waals surface area (Å²) < 4.78 is 20.6. The molecular formula is C48H66N4O5. The highest BCUT2D eigenvalue weighted by atomic mass is 16.5. The van der Waals surface area contributed by atoms with E-state index < -0.39 is 0 Å². The van der Waals surface area contributed by atoms with Gasteiger partial charge in [0.1, 0.15) is 28.7 Å². The Morgan fingerprint density at radius 3 is 1.53 bits per heavy atom. The molecule has 2 N–H and O–H groups in total. The smallest absolute Gasteiger partial charge is 0.167 e. The quantitative estimate of drug-likeness (QED) is 0.0714. The summed E-state index contributed by atoms with van der Waals surface area (Å²) in [6.45, 7) is 19.0. The predicted molar refractivity (Wildman–Crippen MR) is 233 cm³/mol. The largest absolute Gasteiger partial charge is 0.507 e. The number of ether oxygens (including phenoxy) is 3. The van der Waals surface area contributed by atoms with Crippen LogP contribution in [0.3, 0.4) is 0 Å². The van der Waals surface area contributed by atoms with Crippen molar-refractivity contribution in [3.63, 3.8) is 0 Å². The lowest BCUT2D eigenvalue weighted by atomic mass is 10.0. The van der Waals surface area contributed by atoms with Gasteiger partial charge in [-0.3, -0.25) is 0 Å². The van der Waals surface area contributed by atoms with Gasteiger partial charge in [-0.2, -0.15) is 0 Å². The van der Waals surface area contributed by atoms with E-state index in [0.29, 0.717) is 82.2 Å². The number of unbranched alkanes of at least 4 members (excludes halogenated alkanes) is 2. The van der Waals surface area contributed by atoms with Crippen molar-refractivity contribution in [2.45, 2.75) is 126 Å². The van der Waals surface area contributed by atoms with Crippen LogP contribution in [-0.4, -0.2) is 50.1 Å². The fourth-order valence-corrected chi connectivity index (χ4v) is 7.54. The lowest BCUT2D eigenvalue weighted by Crippen LogP contribution is -2.12. The van der Waals surface area contributed by atoms with Gasteiger partial charge in [-0.25, -0.2) is 15.0 Å². The number of hydrogen-bond donors (Lipinski definition) is 2. The van der Waals surface area contributed by atoms with E-state index in [9.17, 15) is 10.2 Å². The maximum Gasteiger partial charge on any atom is 0.167 e. The Bertz CT molecular complexity index is 1980.